The standard InChI is InChI=1S/C12H22N2/c1-4-14(10(2)3)12-8-6-5-7-11(12)9-13/h10-12H,4-8H2,1-3H3. The lowest BCUT2D eigenvalue weighted by atomic mass is 9.84. The van der Waals surface area contributed by atoms with Gasteiger partial charge >= 0.3 is 0 Å². The Hall–Kier alpha value is -0.550. The van der Waals surface area contributed by atoms with Gasteiger partial charge in [0.1, 0.15) is 0 Å². The molecule has 0 amide bonds. The van der Waals surface area contributed by atoms with Gasteiger partial charge in [-0.15, -0.1) is 0 Å². The molecule has 14 heavy (non-hydrogen) atoms. The van der Waals surface area contributed by atoms with Crippen molar-refractivity contribution in [2.75, 3.05) is 6.54 Å². The summed E-state index contributed by atoms with van der Waals surface area (Å²) in [5.74, 6) is 0.270. The van der Waals surface area contributed by atoms with Crippen molar-refractivity contribution in [1.82, 2.24) is 4.90 Å². The first-order valence-corrected chi connectivity index (χ1v) is 5.86. The van der Waals surface area contributed by atoms with Crippen LogP contribution in [0.2, 0.25) is 0 Å². The Kier molecular flexibility index (Phi) is 4.41. The molecule has 1 aliphatic rings. The zero-order chi connectivity index (χ0) is 10.6. The Balaban J connectivity index is 2.66. The maximum Gasteiger partial charge on any atom is 0.0672 e. The molecule has 0 aromatic carbocycles. The van der Waals surface area contributed by atoms with Crippen LogP contribution in [0.3, 0.4) is 0 Å². The molecule has 2 atom stereocenters. The van der Waals surface area contributed by atoms with E-state index in [0.717, 1.165) is 13.0 Å². The maximum absolute atomic E-state index is 9.11. The van der Waals surface area contributed by atoms with Gasteiger partial charge in [0.05, 0.1) is 12.0 Å². The van der Waals surface area contributed by atoms with Crippen molar-refractivity contribution in [2.45, 2.75) is 58.5 Å². The van der Waals surface area contributed by atoms with Gasteiger partial charge in [-0.25, -0.2) is 0 Å². The summed E-state index contributed by atoms with van der Waals surface area (Å²) in [6.07, 6.45) is 4.85. The lowest BCUT2D eigenvalue weighted by Gasteiger charge is -2.39. The highest BCUT2D eigenvalue weighted by Gasteiger charge is 2.30. The summed E-state index contributed by atoms with van der Waals surface area (Å²) in [7, 11) is 0. The van der Waals surface area contributed by atoms with Crippen molar-refractivity contribution < 1.29 is 0 Å². The molecular formula is C12H22N2. The first-order chi connectivity index (χ1) is 6.70. The average molecular weight is 194 g/mol. The van der Waals surface area contributed by atoms with E-state index in [2.05, 4.69) is 31.7 Å². The topological polar surface area (TPSA) is 27.0 Å². The highest BCUT2D eigenvalue weighted by Crippen LogP contribution is 2.28. The van der Waals surface area contributed by atoms with Gasteiger partial charge in [-0.1, -0.05) is 19.8 Å². The number of hydrogen-bond donors (Lipinski definition) is 0. The van der Waals surface area contributed by atoms with Crippen LogP contribution in [0.5, 0.6) is 0 Å². The fourth-order valence-electron chi connectivity index (χ4n) is 2.64. The normalized spacial score (nSPS) is 28.0. The van der Waals surface area contributed by atoms with Gasteiger partial charge in [-0.2, -0.15) is 5.26 Å². The number of nitriles is 1. The van der Waals surface area contributed by atoms with Crippen LogP contribution in [-0.2, 0) is 0 Å². The highest BCUT2D eigenvalue weighted by molar-refractivity contribution is 4.96. The molecule has 0 saturated heterocycles. The van der Waals surface area contributed by atoms with Crippen LogP contribution in [-0.4, -0.2) is 23.5 Å². The summed E-state index contributed by atoms with van der Waals surface area (Å²) in [5, 5.41) is 9.11. The third-order valence-corrected chi connectivity index (χ3v) is 3.35. The van der Waals surface area contributed by atoms with E-state index in [1.54, 1.807) is 0 Å². The maximum atomic E-state index is 9.11. The fourth-order valence-corrected chi connectivity index (χ4v) is 2.64. The zero-order valence-corrected chi connectivity index (χ0v) is 9.66. The molecule has 0 heterocycles. The van der Waals surface area contributed by atoms with Crippen LogP contribution in [0.4, 0.5) is 0 Å². The molecule has 1 fully saturated rings. The van der Waals surface area contributed by atoms with E-state index in [-0.39, 0.29) is 5.92 Å². The van der Waals surface area contributed by atoms with E-state index in [0.29, 0.717) is 12.1 Å². The molecule has 80 valence electrons. The van der Waals surface area contributed by atoms with Crippen LogP contribution in [0, 0.1) is 17.2 Å². The molecule has 0 bridgehead atoms. The van der Waals surface area contributed by atoms with E-state index in [4.69, 9.17) is 5.26 Å². The predicted octanol–water partition coefficient (Wildman–Crippen LogP) is 2.80. The summed E-state index contributed by atoms with van der Waals surface area (Å²) in [4.78, 5) is 2.48. The van der Waals surface area contributed by atoms with Gasteiger partial charge in [0.15, 0.2) is 0 Å². The predicted molar refractivity (Wildman–Crippen MR) is 58.9 cm³/mol. The van der Waals surface area contributed by atoms with E-state index in [9.17, 15) is 0 Å². The van der Waals surface area contributed by atoms with E-state index < -0.39 is 0 Å². The van der Waals surface area contributed by atoms with Crippen LogP contribution < -0.4 is 0 Å². The SMILES string of the molecule is CCN(C(C)C)C1CCCCC1C#N. The Morgan fingerprint density at radius 2 is 2.00 bits per heavy atom. The number of hydrogen-bond acceptors (Lipinski definition) is 2. The van der Waals surface area contributed by atoms with Crippen molar-refractivity contribution in [3.63, 3.8) is 0 Å². The Morgan fingerprint density at radius 1 is 1.36 bits per heavy atom. The monoisotopic (exact) mass is 194 g/mol. The molecule has 1 saturated carbocycles. The van der Waals surface area contributed by atoms with Crippen molar-refractivity contribution in [2.24, 2.45) is 5.92 Å². The summed E-state index contributed by atoms with van der Waals surface area (Å²) < 4.78 is 0. The van der Waals surface area contributed by atoms with Crippen LogP contribution in [0.25, 0.3) is 0 Å². The second-order valence-electron chi connectivity index (χ2n) is 4.51. The molecule has 0 N–H and O–H groups in total. The quantitative estimate of drug-likeness (QED) is 0.690. The Morgan fingerprint density at radius 3 is 2.50 bits per heavy atom. The van der Waals surface area contributed by atoms with Gasteiger partial charge < -0.3 is 0 Å². The molecular weight excluding hydrogens is 172 g/mol. The molecule has 1 rings (SSSR count). The lowest BCUT2D eigenvalue weighted by Crippen LogP contribution is -2.45. The largest absolute Gasteiger partial charge is 0.297 e. The smallest absolute Gasteiger partial charge is 0.0672 e. The first-order valence-electron chi connectivity index (χ1n) is 5.86. The number of rotatable bonds is 3. The fraction of sp³-hybridized carbons (Fsp3) is 0.917. The van der Waals surface area contributed by atoms with Crippen LogP contribution in [0.15, 0.2) is 0 Å². The third kappa shape index (κ3) is 2.48. The highest BCUT2D eigenvalue weighted by atomic mass is 15.2. The molecule has 2 heteroatoms. The molecule has 0 radical (unpaired) electrons. The Labute approximate surface area is 87.9 Å². The van der Waals surface area contributed by atoms with Crippen molar-refractivity contribution in [1.29, 1.82) is 5.26 Å². The summed E-state index contributed by atoms with van der Waals surface area (Å²) in [6.45, 7) is 7.72. The molecule has 0 aromatic heterocycles. The molecule has 0 spiro atoms. The van der Waals surface area contributed by atoms with Crippen LogP contribution in [0.1, 0.15) is 46.5 Å². The molecule has 1 aliphatic carbocycles. The summed E-state index contributed by atoms with van der Waals surface area (Å²) in [6, 6.07) is 3.56. The van der Waals surface area contributed by atoms with Crippen LogP contribution >= 0.6 is 0 Å². The Bertz CT molecular complexity index is 205. The molecule has 2 unspecified atom stereocenters. The molecule has 2 nitrogen and oxygen atoms in total. The minimum atomic E-state index is 0.270. The van der Waals surface area contributed by atoms with Gasteiger partial charge in [0.2, 0.25) is 0 Å². The molecule has 0 aliphatic heterocycles. The number of nitrogens with zero attached hydrogens (tertiary/aromatic N) is 2. The second kappa shape index (κ2) is 5.36. The van der Waals surface area contributed by atoms with E-state index in [1.807, 2.05) is 0 Å². The van der Waals surface area contributed by atoms with Gasteiger partial charge in [-0.05, 0) is 33.2 Å². The first kappa shape index (κ1) is 11.5. The van der Waals surface area contributed by atoms with E-state index >= 15 is 0 Å². The van der Waals surface area contributed by atoms with Crippen molar-refractivity contribution in [3.05, 3.63) is 0 Å². The van der Waals surface area contributed by atoms with E-state index in [1.165, 1.54) is 19.3 Å². The third-order valence-electron chi connectivity index (χ3n) is 3.35. The lowest BCUT2D eigenvalue weighted by molar-refractivity contribution is 0.102. The van der Waals surface area contributed by atoms with Gasteiger partial charge in [-0.3, -0.25) is 4.90 Å². The zero-order valence-electron chi connectivity index (χ0n) is 9.66. The van der Waals surface area contributed by atoms with Gasteiger partial charge in [0.25, 0.3) is 0 Å². The van der Waals surface area contributed by atoms with Gasteiger partial charge in [0, 0.05) is 12.1 Å². The minimum absolute atomic E-state index is 0.270. The second-order valence-corrected chi connectivity index (χ2v) is 4.51. The minimum Gasteiger partial charge on any atom is -0.297 e. The molecule has 0 aromatic rings. The average Bonchev–Trinajstić information content (AvgIpc) is 2.19. The summed E-state index contributed by atoms with van der Waals surface area (Å²) >= 11 is 0. The van der Waals surface area contributed by atoms with Crippen molar-refractivity contribution >= 4 is 0 Å². The summed E-state index contributed by atoms with van der Waals surface area (Å²) in [5.41, 5.74) is 0. The van der Waals surface area contributed by atoms with Crippen molar-refractivity contribution in [3.8, 4) is 6.07 Å².